The van der Waals surface area contributed by atoms with Crippen LogP contribution in [0, 0.1) is 5.82 Å². The molecule has 0 fully saturated rings. The summed E-state index contributed by atoms with van der Waals surface area (Å²) in [5.74, 6) is -1.05. The molecule has 0 saturated heterocycles. The molecule has 25 heavy (non-hydrogen) atoms. The molecule has 3 rings (SSSR count). The molecule has 0 unspecified atom stereocenters. The zero-order valence-corrected chi connectivity index (χ0v) is 14.0. The number of carbonyl (C=O) groups is 2. The van der Waals surface area contributed by atoms with Crippen molar-refractivity contribution < 1.29 is 18.4 Å². The van der Waals surface area contributed by atoms with E-state index in [4.69, 9.17) is 4.42 Å². The number of halogens is 1. The van der Waals surface area contributed by atoms with Crippen LogP contribution < -0.4 is 5.32 Å². The van der Waals surface area contributed by atoms with Crippen LogP contribution in [0.2, 0.25) is 0 Å². The number of hydrogen-bond donors (Lipinski definition) is 1. The second-order valence-corrected chi connectivity index (χ2v) is 5.78. The molecule has 1 aromatic carbocycles. The quantitative estimate of drug-likeness (QED) is 0.773. The number of furan rings is 1. The topological polar surface area (TPSA) is 67.5 Å². The molecular weight excluding hydrogens is 325 g/mol. The van der Waals surface area contributed by atoms with E-state index in [2.05, 4.69) is 5.32 Å². The first-order valence-corrected chi connectivity index (χ1v) is 7.76. The number of nitrogens with zero attached hydrogens (tertiary/aromatic N) is 2. The Kier molecular flexibility index (Phi) is 4.56. The second-order valence-electron chi connectivity index (χ2n) is 5.78. The minimum Gasteiger partial charge on any atom is -0.463 e. The summed E-state index contributed by atoms with van der Waals surface area (Å²) in [6.45, 7) is -0.0329. The fourth-order valence-electron chi connectivity index (χ4n) is 2.62. The van der Waals surface area contributed by atoms with E-state index in [-0.39, 0.29) is 30.7 Å². The Balaban J connectivity index is 1.59. The van der Waals surface area contributed by atoms with Gasteiger partial charge >= 0.3 is 0 Å². The number of aryl methyl sites for hydroxylation is 1. The molecule has 0 bridgehead atoms. The maximum atomic E-state index is 13.6. The number of fused-ring (bicyclic) bond motifs is 1. The normalized spacial score (nSPS) is 10.8. The summed E-state index contributed by atoms with van der Waals surface area (Å²) in [6, 6.07) is 9.66. The third-order valence-electron chi connectivity index (χ3n) is 4.09. The van der Waals surface area contributed by atoms with Gasteiger partial charge in [-0.3, -0.25) is 9.59 Å². The number of hydrogen-bond acceptors (Lipinski definition) is 3. The minimum absolute atomic E-state index is 0.137. The lowest BCUT2D eigenvalue weighted by molar-refractivity contribution is -0.129. The Morgan fingerprint density at radius 3 is 2.76 bits per heavy atom. The standard InChI is InChI=1S/C18H18FN3O3/c1-21(11-12-5-3-4-6-13(12)19)17(23)10-20-18(24)15-9-16-14(22(15)2)7-8-25-16/h3-9H,10-11H2,1-2H3,(H,20,24). The van der Waals surface area contributed by atoms with Gasteiger partial charge in [-0.2, -0.15) is 0 Å². The van der Waals surface area contributed by atoms with Crippen molar-refractivity contribution in [2.45, 2.75) is 6.54 Å². The van der Waals surface area contributed by atoms with Gasteiger partial charge in [-0.15, -0.1) is 0 Å². The van der Waals surface area contributed by atoms with Crippen LogP contribution in [0.1, 0.15) is 16.1 Å². The van der Waals surface area contributed by atoms with E-state index < -0.39 is 0 Å². The second kappa shape index (κ2) is 6.80. The molecule has 0 saturated carbocycles. The summed E-state index contributed by atoms with van der Waals surface area (Å²) >= 11 is 0. The van der Waals surface area contributed by atoms with Gasteiger partial charge in [0, 0.05) is 38.3 Å². The molecule has 3 aromatic rings. The number of rotatable bonds is 5. The molecule has 6 nitrogen and oxygen atoms in total. The number of aromatic nitrogens is 1. The van der Waals surface area contributed by atoms with E-state index in [0.29, 0.717) is 16.8 Å². The summed E-state index contributed by atoms with van der Waals surface area (Å²) in [4.78, 5) is 25.8. The van der Waals surface area contributed by atoms with E-state index in [1.807, 2.05) is 0 Å². The van der Waals surface area contributed by atoms with E-state index in [9.17, 15) is 14.0 Å². The van der Waals surface area contributed by atoms with E-state index in [1.165, 1.54) is 11.0 Å². The van der Waals surface area contributed by atoms with Crippen molar-refractivity contribution in [1.29, 1.82) is 0 Å². The molecule has 7 heteroatoms. The van der Waals surface area contributed by atoms with Gasteiger partial charge in [0.15, 0.2) is 5.58 Å². The Morgan fingerprint density at radius 2 is 2.04 bits per heavy atom. The first kappa shape index (κ1) is 16.8. The SMILES string of the molecule is CN(Cc1ccccc1F)C(=O)CNC(=O)c1cc2occc2n1C. The molecule has 2 heterocycles. The highest BCUT2D eigenvalue weighted by Crippen LogP contribution is 2.19. The number of carbonyl (C=O) groups excluding carboxylic acids is 2. The summed E-state index contributed by atoms with van der Waals surface area (Å²) in [6.07, 6.45) is 1.55. The number of benzene rings is 1. The minimum atomic E-state index is -0.374. The Hall–Kier alpha value is -3.09. The van der Waals surface area contributed by atoms with Gasteiger partial charge in [0.1, 0.15) is 11.5 Å². The summed E-state index contributed by atoms with van der Waals surface area (Å²) < 4.78 is 20.6. The molecule has 1 N–H and O–H groups in total. The average Bonchev–Trinajstić information content (AvgIpc) is 3.17. The van der Waals surface area contributed by atoms with Crippen LogP contribution in [0.4, 0.5) is 4.39 Å². The number of nitrogens with one attached hydrogen (secondary N) is 1. The first-order valence-electron chi connectivity index (χ1n) is 7.76. The van der Waals surface area contributed by atoms with Crippen molar-refractivity contribution in [2.75, 3.05) is 13.6 Å². The highest BCUT2D eigenvalue weighted by Gasteiger charge is 2.17. The third-order valence-corrected chi connectivity index (χ3v) is 4.09. The summed E-state index contributed by atoms with van der Waals surface area (Å²) in [7, 11) is 3.31. The van der Waals surface area contributed by atoms with Crippen LogP contribution in [-0.4, -0.2) is 34.9 Å². The highest BCUT2D eigenvalue weighted by atomic mass is 19.1. The molecule has 2 aromatic heterocycles. The van der Waals surface area contributed by atoms with E-state index in [1.54, 1.807) is 55.3 Å². The summed E-state index contributed by atoms with van der Waals surface area (Å²) in [5.41, 5.74) is 2.23. The lowest BCUT2D eigenvalue weighted by Gasteiger charge is -2.18. The fraction of sp³-hybridized carbons (Fsp3) is 0.222. The Morgan fingerprint density at radius 1 is 1.28 bits per heavy atom. The number of likely N-dealkylation sites (N-methyl/N-ethyl adjacent to an activating group) is 1. The molecule has 0 radical (unpaired) electrons. The third kappa shape index (κ3) is 3.40. The molecule has 0 atom stereocenters. The molecule has 0 aliphatic rings. The molecule has 2 amide bonds. The Labute approximate surface area is 143 Å². The predicted octanol–water partition coefficient (Wildman–Crippen LogP) is 2.30. The lowest BCUT2D eigenvalue weighted by atomic mass is 10.2. The molecule has 130 valence electrons. The zero-order chi connectivity index (χ0) is 18.0. The smallest absolute Gasteiger partial charge is 0.268 e. The monoisotopic (exact) mass is 343 g/mol. The van der Waals surface area contributed by atoms with Gasteiger partial charge in [0.05, 0.1) is 18.3 Å². The highest BCUT2D eigenvalue weighted by molar-refractivity contribution is 5.99. The molecule has 0 aliphatic carbocycles. The maximum Gasteiger partial charge on any atom is 0.268 e. The largest absolute Gasteiger partial charge is 0.463 e. The Bertz CT molecular complexity index is 929. The molecular formula is C18H18FN3O3. The average molecular weight is 343 g/mol. The van der Waals surface area contributed by atoms with Crippen molar-refractivity contribution in [1.82, 2.24) is 14.8 Å². The zero-order valence-electron chi connectivity index (χ0n) is 14.0. The van der Waals surface area contributed by atoms with Gasteiger partial charge in [0.2, 0.25) is 5.91 Å². The first-order chi connectivity index (χ1) is 12.0. The summed E-state index contributed by atoms with van der Waals surface area (Å²) in [5, 5.41) is 2.59. The van der Waals surface area contributed by atoms with E-state index >= 15 is 0 Å². The van der Waals surface area contributed by atoms with Gasteiger partial charge in [-0.25, -0.2) is 4.39 Å². The van der Waals surface area contributed by atoms with Crippen LogP contribution in [0.5, 0.6) is 0 Å². The van der Waals surface area contributed by atoms with Gasteiger partial charge in [-0.05, 0) is 6.07 Å². The molecule has 0 aliphatic heterocycles. The van der Waals surface area contributed by atoms with Gasteiger partial charge in [0.25, 0.3) is 5.91 Å². The molecule has 0 spiro atoms. The maximum absolute atomic E-state index is 13.6. The van der Waals surface area contributed by atoms with Crippen molar-refractivity contribution in [3.05, 3.63) is 59.7 Å². The number of amides is 2. The van der Waals surface area contributed by atoms with Crippen LogP contribution in [0.3, 0.4) is 0 Å². The lowest BCUT2D eigenvalue weighted by Crippen LogP contribution is -2.38. The predicted molar refractivity (Wildman–Crippen MR) is 90.4 cm³/mol. The van der Waals surface area contributed by atoms with Gasteiger partial charge < -0.3 is 19.2 Å². The van der Waals surface area contributed by atoms with Crippen molar-refractivity contribution >= 4 is 22.9 Å². The van der Waals surface area contributed by atoms with Crippen molar-refractivity contribution in [3.63, 3.8) is 0 Å². The van der Waals surface area contributed by atoms with Crippen LogP contribution >= 0.6 is 0 Å². The van der Waals surface area contributed by atoms with Crippen molar-refractivity contribution in [3.8, 4) is 0 Å². The fourth-order valence-corrected chi connectivity index (χ4v) is 2.62. The van der Waals surface area contributed by atoms with Crippen LogP contribution in [0.15, 0.2) is 47.1 Å². The van der Waals surface area contributed by atoms with Crippen LogP contribution in [-0.2, 0) is 18.4 Å². The van der Waals surface area contributed by atoms with Crippen LogP contribution in [0.25, 0.3) is 11.1 Å². The van der Waals surface area contributed by atoms with Crippen molar-refractivity contribution in [2.24, 2.45) is 7.05 Å². The van der Waals surface area contributed by atoms with E-state index in [0.717, 1.165) is 5.52 Å². The van der Waals surface area contributed by atoms with Gasteiger partial charge in [-0.1, -0.05) is 18.2 Å².